The molecule has 2 rings (SSSR count). The number of aliphatic hydroxyl groups is 1. The average molecular weight is 316 g/mol. The first-order valence-corrected chi connectivity index (χ1v) is 7.49. The minimum Gasteiger partial charge on any atom is -0.387 e. The highest BCUT2D eigenvalue weighted by Gasteiger charge is 2.23. The van der Waals surface area contributed by atoms with Gasteiger partial charge in [0.1, 0.15) is 0 Å². The standard InChI is InChI=1S/C14H15Cl2NOS/c1-8-2-5-13(19-8)14(18)10(7-17)9-3-4-11(15)12(16)6-9/h2-6,10,14,18H,7,17H2,1H3. The number of hydrogen-bond acceptors (Lipinski definition) is 3. The van der Waals surface area contributed by atoms with Gasteiger partial charge in [0.25, 0.3) is 0 Å². The van der Waals surface area contributed by atoms with Crippen molar-refractivity contribution in [3.8, 4) is 0 Å². The van der Waals surface area contributed by atoms with Gasteiger partial charge in [0, 0.05) is 22.2 Å². The summed E-state index contributed by atoms with van der Waals surface area (Å²) in [6.07, 6.45) is -0.624. The second-order valence-electron chi connectivity index (χ2n) is 4.41. The topological polar surface area (TPSA) is 46.2 Å². The average Bonchev–Trinajstić information content (AvgIpc) is 2.81. The first-order valence-electron chi connectivity index (χ1n) is 5.92. The zero-order chi connectivity index (χ0) is 14.0. The summed E-state index contributed by atoms with van der Waals surface area (Å²) in [4.78, 5) is 2.08. The van der Waals surface area contributed by atoms with Crippen molar-refractivity contribution >= 4 is 34.5 Å². The minimum atomic E-state index is -0.624. The highest BCUT2D eigenvalue weighted by molar-refractivity contribution is 7.12. The number of nitrogens with two attached hydrogens (primary N) is 1. The van der Waals surface area contributed by atoms with Gasteiger partial charge in [-0.05, 0) is 36.8 Å². The maximum Gasteiger partial charge on any atom is 0.0962 e. The van der Waals surface area contributed by atoms with Gasteiger partial charge in [-0.2, -0.15) is 0 Å². The molecule has 0 amide bonds. The van der Waals surface area contributed by atoms with E-state index >= 15 is 0 Å². The van der Waals surface area contributed by atoms with Gasteiger partial charge in [0.05, 0.1) is 16.1 Å². The molecule has 3 N–H and O–H groups in total. The summed E-state index contributed by atoms with van der Waals surface area (Å²) in [5.74, 6) is -0.187. The zero-order valence-corrected chi connectivity index (χ0v) is 12.8. The lowest BCUT2D eigenvalue weighted by Crippen LogP contribution is -2.19. The van der Waals surface area contributed by atoms with Crippen LogP contribution in [0.2, 0.25) is 10.0 Å². The Kier molecular flexibility index (Phi) is 4.87. The third-order valence-corrected chi connectivity index (χ3v) is 4.87. The van der Waals surface area contributed by atoms with Crippen LogP contribution in [-0.2, 0) is 0 Å². The molecule has 1 aromatic heterocycles. The van der Waals surface area contributed by atoms with Gasteiger partial charge < -0.3 is 10.8 Å². The van der Waals surface area contributed by atoms with Crippen LogP contribution < -0.4 is 5.73 Å². The summed E-state index contributed by atoms with van der Waals surface area (Å²) in [5.41, 5.74) is 6.71. The SMILES string of the molecule is Cc1ccc(C(O)C(CN)c2ccc(Cl)c(Cl)c2)s1. The Labute approximate surface area is 126 Å². The fraction of sp³-hybridized carbons (Fsp3) is 0.286. The zero-order valence-electron chi connectivity index (χ0n) is 10.4. The summed E-state index contributed by atoms with van der Waals surface area (Å²) >= 11 is 13.5. The third-order valence-electron chi connectivity index (χ3n) is 3.06. The molecule has 2 unspecified atom stereocenters. The van der Waals surface area contributed by atoms with Crippen LogP contribution in [0.25, 0.3) is 0 Å². The van der Waals surface area contributed by atoms with Crippen LogP contribution in [0.5, 0.6) is 0 Å². The van der Waals surface area contributed by atoms with E-state index < -0.39 is 6.10 Å². The van der Waals surface area contributed by atoms with Gasteiger partial charge in [-0.1, -0.05) is 29.3 Å². The van der Waals surface area contributed by atoms with Gasteiger partial charge in [-0.3, -0.25) is 0 Å². The smallest absolute Gasteiger partial charge is 0.0962 e. The molecule has 0 aliphatic carbocycles. The van der Waals surface area contributed by atoms with E-state index in [2.05, 4.69) is 0 Å². The van der Waals surface area contributed by atoms with Gasteiger partial charge in [-0.15, -0.1) is 11.3 Å². The summed E-state index contributed by atoms with van der Waals surface area (Å²) in [5, 5.41) is 11.4. The van der Waals surface area contributed by atoms with E-state index in [1.807, 2.05) is 25.1 Å². The summed E-state index contributed by atoms with van der Waals surface area (Å²) in [6, 6.07) is 9.28. The molecule has 0 bridgehead atoms. The van der Waals surface area contributed by atoms with Crippen molar-refractivity contribution in [1.29, 1.82) is 0 Å². The predicted octanol–water partition coefficient (Wildman–Crippen LogP) is 4.14. The molecule has 102 valence electrons. The molecule has 0 spiro atoms. The Hall–Kier alpha value is -0.580. The first-order chi connectivity index (χ1) is 9.02. The third kappa shape index (κ3) is 3.30. The molecule has 0 aliphatic rings. The molecule has 0 saturated heterocycles. The molecular formula is C14H15Cl2NOS. The Balaban J connectivity index is 2.30. The fourth-order valence-electron chi connectivity index (χ4n) is 2.00. The number of hydrogen-bond donors (Lipinski definition) is 2. The second-order valence-corrected chi connectivity index (χ2v) is 6.54. The second kappa shape index (κ2) is 6.25. The van der Waals surface area contributed by atoms with Crippen LogP contribution in [0.1, 0.15) is 27.3 Å². The maximum atomic E-state index is 10.5. The molecular weight excluding hydrogens is 301 g/mol. The van der Waals surface area contributed by atoms with Crippen molar-refractivity contribution in [2.75, 3.05) is 6.54 Å². The largest absolute Gasteiger partial charge is 0.387 e. The highest BCUT2D eigenvalue weighted by Crippen LogP contribution is 2.36. The minimum absolute atomic E-state index is 0.187. The van der Waals surface area contributed by atoms with Crippen LogP contribution >= 0.6 is 34.5 Å². The molecule has 2 aromatic rings. The monoisotopic (exact) mass is 315 g/mol. The van der Waals surface area contributed by atoms with Crippen molar-refractivity contribution in [3.63, 3.8) is 0 Å². The normalized spacial score (nSPS) is 14.4. The predicted molar refractivity (Wildman–Crippen MR) is 82.3 cm³/mol. The lowest BCUT2D eigenvalue weighted by atomic mass is 9.92. The van der Waals surface area contributed by atoms with Crippen LogP contribution in [-0.4, -0.2) is 11.7 Å². The number of benzene rings is 1. The molecule has 2 nitrogen and oxygen atoms in total. The van der Waals surface area contributed by atoms with E-state index in [0.29, 0.717) is 16.6 Å². The van der Waals surface area contributed by atoms with E-state index in [1.165, 1.54) is 4.88 Å². The lowest BCUT2D eigenvalue weighted by Gasteiger charge is -2.21. The Morgan fingerprint density at radius 3 is 2.47 bits per heavy atom. The van der Waals surface area contributed by atoms with E-state index in [9.17, 15) is 5.11 Å². The molecule has 1 aromatic carbocycles. The fourth-order valence-corrected chi connectivity index (χ4v) is 3.24. The van der Waals surface area contributed by atoms with Gasteiger partial charge in [0.15, 0.2) is 0 Å². The molecule has 0 saturated carbocycles. The van der Waals surface area contributed by atoms with Crippen molar-refractivity contribution in [2.24, 2.45) is 5.73 Å². The van der Waals surface area contributed by atoms with Crippen molar-refractivity contribution < 1.29 is 5.11 Å². The van der Waals surface area contributed by atoms with Crippen LogP contribution in [0.3, 0.4) is 0 Å². The summed E-state index contributed by atoms with van der Waals surface area (Å²) in [6.45, 7) is 2.35. The van der Waals surface area contributed by atoms with E-state index in [4.69, 9.17) is 28.9 Å². The molecule has 19 heavy (non-hydrogen) atoms. The Bertz CT molecular complexity index is 570. The number of aryl methyl sites for hydroxylation is 1. The van der Waals surface area contributed by atoms with Gasteiger partial charge >= 0.3 is 0 Å². The van der Waals surface area contributed by atoms with E-state index in [0.717, 1.165) is 10.4 Å². The van der Waals surface area contributed by atoms with Crippen molar-refractivity contribution in [1.82, 2.24) is 0 Å². The highest BCUT2D eigenvalue weighted by atomic mass is 35.5. The number of thiophene rings is 1. The molecule has 1 heterocycles. The van der Waals surface area contributed by atoms with Crippen LogP contribution in [0, 0.1) is 6.92 Å². The molecule has 5 heteroatoms. The van der Waals surface area contributed by atoms with E-state index in [-0.39, 0.29) is 5.92 Å². The lowest BCUT2D eigenvalue weighted by molar-refractivity contribution is 0.151. The number of halogens is 2. The number of aliphatic hydroxyl groups excluding tert-OH is 1. The Morgan fingerprint density at radius 2 is 1.95 bits per heavy atom. The molecule has 0 radical (unpaired) electrons. The first kappa shape index (κ1) is 14.8. The van der Waals surface area contributed by atoms with E-state index in [1.54, 1.807) is 23.5 Å². The molecule has 0 aliphatic heterocycles. The number of rotatable bonds is 4. The van der Waals surface area contributed by atoms with Crippen molar-refractivity contribution in [2.45, 2.75) is 18.9 Å². The van der Waals surface area contributed by atoms with Gasteiger partial charge in [-0.25, -0.2) is 0 Å². The van der Waals surface area contributed by atoms with Gasteiger partial charge in [0.2, 0.25) is 0 Å². The molecule has 2 atom stereocenters. The summed E-state index contributed by atoms with van der Waals surface area (Å²) < 4.78 is 0. The van der Waals surface area contributed by atoms with Crippen LogP contribution in [0.4, 0.5) is 0 Å². The maximum absolute atomic E-state index is 10.5. The van der Waals surface area contributed by atoms with Crippen LogP contribution in [0.15, 0.2) is 30.3 Å². The molecule has 0 fully saturated rings. The van der Waals surface area contributed by atoms with Crippen molar-refractivity contribution in [3.05, 3.63) is 55.7 Å². The summed E-state index contributed by atoms with van der Waals surface area (Å²) in [7, 11) is 0. The quantitative estimate of drug-likeness (QED) is 0.890. The Morgan fingerprint density at radius 1 is 1.21 bits per heavy atom.